The van der Waals surface area contributed by atoms with Gasteiger partial charge in [0.2, 0.25) is 0 Å². The van der Waals surface area contributed by atoms with E-state index in [9.17, 15) is 14.7 Å². The third kappa shape index (κ3) is 11.4. The second kappa shape index (κ2) is 16.3. The van der Waals surface area contributed by atoms with Gasteiger partial charge in [-0.2, -0.15) is 0 Å². The molecule has 2 aromatic carbocycles. The number of hydrogen-bond donors (Lipinski definition) is 3. The number of hydrogen-bond acceptors (Lipinski definition) is 4. The highest BCUT2D eigenvalue weighted by Gasteiger charge is 2.17. The lowest BCUT2D eigenvalue weighted by atomic mass is 9.96. The van der Waals surface area contributed by atoms with Gasteiger partial charge < -0.3 is 20.8 Å². The molecule has 1 atom stereocenters. The maximum Gasteiger partial charge on any atom is 0.332 e. The predicted molar refractivity (Wildman–Crippen MR) is 132 cm³/mol. The summed E-state index contributed by atoms with van der Waals surface area (Å²) in [7, 11) is 0. The van der Waals surface area contributed by atoms with Crippen molar-refractivity contribution in [2.75, 3.05) is 5.75 Å². The molecular weight excluding hydrogens is 440 g/mol. The number of carbonyl (C=O) groups is 2. The minimum atomic E-state index is -1.43. The van der Waals surface area contributed by atoms with Crippen LogP contribution in [0.25, 0.3) is 0 Å². The molecule has 2 rings (SSSR count). The minimum Gasteiger partial charge on any atom is -0.481 e. The van der Waals surface area contributed by atoms with Crippen LogP contribution in [-0.2, 0) is 28.9 Å². The van der Waals surface area contributed by atoms with E-state index in [1.54, 1.807) is 0 Å². The standard InChI is InChI=1S/C26H34O5S.H2O/c27-23(26(30)31)19-21-14-10-16-24(32-18-17-25(28)29)22(21)15-9-4-2-1-3-6-11-20-12-7-5-8-13-20;/h5,7-8,10,12-14,16,23,27H,1-4,6,9,11,15,17-19H2,(H,28,29)(H,30,31);1H2. The Morgan fingerprint density at radius 1 is 0.818 bits per heavy atom. The molecule has 7 heteroatoms. The molecule has 5 N–H and O–H groups in total. The molecule has 0 aliphatic rings. The molecule has 0 radical (unpaired) electrons. The maximum absolute atomic E-state index is 11.1. The molecule has 0 aliphatic heterocycles. The number of benzene rings is 2. The zero-order chi connectivity index (χ0) is 23.2. The summed E-state index contributed by atoms with van der Waals surface area (Å²) in [4.78, 5) is 22.9. The van der Waals surface area contributed by atoms with E-state index in [2.05, 4.69) is 24.3 Å². The van der Waals surface area contributed by atoms with E-state index < -0.39 is 18.0 Å². The molecule has 0 saturated heterocycles. The predicted octanol–water partition coefficient (Wildman–Crippen LogP) is 4.54. The molecule has 0 spiro atoms. The molecule has 0 bridgehead atoms. The molecule has 6 nitrogen and oxygen atoms in total. The Kier molecular flexibility index (Phi) is 14.2. The number of carboxylic acids is 2. The number of carboxylic acid groups (broad SMARTS) is 2. The lowest BCUT2D eigenvalue weighted by molar-refractivity contribution is -0.146. The number of aliphatic hydroxyl groups is 1. The van der Waals surface area contributed by atoms with E-state index in [4.69, 9.17) is 10.2 Å². The largest absolute Gasteiger partial charge is 0.481 e. The van der Waals surface area contributed by atoms with Crippen LogP contribution in [0, 0.1) is 0 Å². The van der Waals surface area contributed by atoms with Crippen molar-refractivity contribution in [3.8, 4) is 0 Å². The highest BCUT2D eigenvalue weighted by molar-refractivity contribution is 7.99. The number of aliphatic carboxylic acids is 2. The van der Waals surface area contributed by atoms with Crippen LogP contribution < -0.4 is 0 Å². The smallest absolute Gasteiger partial charge is 0.332 e. The summed E-state index contributed by atoms with van der Waals surface area (Å²) in [6.45, 7) is 0. The van der Waals surface area contributed by atoms with Gasteiger partial charge in [0, 0.05) is 17.1 Å². The third-order valence-corrected chi connectivity index (χ3v) is 6.59. The van der Waals surface area contributed by atoms with Gasteiger partial charge in [0.15, 0.2) is 6.10 Å². The average molecular weight is 477 g/mol. The van der Waals surface area contributed by atoms with E-state index >= 15 is 0 Å². The Bertz CT molecular complexity index is 840. The highest BCUT2D eigenvalue weighted by Crippen LogP contribution is 2.29. The van der Waals surface area contributed by atoms with E-state index in [1.165, 1.54) is 36.6 Å². The fourth-order valence-corrected chi connectivity index (χ4v) is 4.83. The summed E-state index contributed by atoms with van der Waals surface area (Å²) < 4.78 is 0. The number of aryl methyl sites for hydroxylation is 1. The van der Waals surface area contributed by atoms with Gasteiger partial charge in [0.1, 0.15) is 0 Å². The first-order valence-corrected chi connectivity index (χ1v) is 12.4. The summed E-state index contributed by atoms with van der Waals surface area (Å²) in [5.41, 5.74) is 3.27. The molecule has 0 heterocycles. The zero-order valence-electron chi connectivity index (χ0n) is 19.0. The molecular formula is C26H36O6S. The summed E-state index contributed by atoms with van der Waals surface area (Å²) >= 11 is 1.49. The lowest BCUT2D eigenvalue weighted by Gasteiger charge is -2.16. The van der Waals surface area contributed by atoms with Crippen molar-refractivity contribution < 1.29 is 30.4 Å². The lowest BCUT2D eigenvalue weighted by Crippen LogP contribution is -2.22. The number of thioether (sulfide) groups is 1. The van der Waals surface area contributed by atoms with Gasteiger partial charge in [0.05, 0.1) is 6.42 Å². The summed E-state index contributed by atoms with van der Waals surface area (Å²) in [6.07, 6.45) is 7.51. The van der Waals surface area contributed by atoms with Gasteiger partial charge in [0.25, 0.3) is 0 Å². The maximum atomic E-state index is 11.1. The van der Waals surface area contributed by atoms with Gasteiger partial charge in [-0.25, -0.2) is 4.79 Å². The van der Waals surface area contributed by atoms with Gasteiger partial charge in [-0.15, -0.1) is 11.8 Å². The molecule has 33 heavy (non-hydrogen) atoms. The Morgan fingerprint density at radius 3 is 2.09 bits per heavy atom. The van der Waals surface area contributed by atoms with Crippen molar-refractivity contribution in [1.82, 2.24) is 0 Å². The molecule has 0 saturated carbocycles. The van der Waals surface area contributed by atoms with Crippen LogP contribution in [0.15, 0.2) is 53.4 Å². The van der Waals surface area contributed by atoms with Crippen LogP contribution in [0.2, 0.25) is 0 Å². The summed E-state index contributed by atoms with van der Waals surface area (Å²) in [5.74, 6) is -1.59. The van der Waals surface area contributed by atoms with Crippen molar-refractivity contribution in [1.29, 1.82) is 0 Å². The number of unbranched alkanes of at least 4 members (excludes halogenated alkanes) is 5. The highest BCUT2D eigenvalue weighted by atomic mass is 32.2. The minimum absolute atomic E-state index is 0. The molecule has 0 aliphatic carbocycles. The van der Waals surface area contributed by atoms with Crippen LogP contribution in [0.4, 0.5) is 0 Å². The molecule has 1 unspecified atom stereocenters. The van der Waals surface area contributed by atoms with Crippen molar-refractivity contribution in [3.05, 3.63) is 65.2 Å². The SMILES string of the molecule is O.O=C(O)CCSc1cccc(CC(O)C(=O)O)c1CCCCCCCCc1ccccc1. The Hall–Kier alpha value is -2.35. The van der Waals surface area contributed by atoms with Crippen LogP contribution >= 0.6 is 11.8 Å². The fourth-order valence-electron chi connectivity index (χ4n) is 3.75. The van der Waals surface area contributed by atoms with Crippen LogP contribution in [0.1, 0.15) is 61.6 Å². The first-order chi connectivity index (χ1) is 15.5. The van der Waals surface area contributed by atoms with Gasteiger partial charge in [-0.05, 0) is 48.4 Å². The molecule has 182 valence electrons. The van der Waals surface area contributed by atoms with Crippen molar-refractivity contribution >= 4 is 23.7 Å². The normalized spacial score (nSPS) is 11.5. The van der Waals surface area contributed by atoms with E-state index in [1.807, 2.05) is 24.3 Å². The van der Waals surface area contributed by atoms with Crippen LogP contribution in [0.5, 0.6) is 0 Å². The van der Waals surface area contributed by atoms with Crippen molar-refractivity contribution in [2.24, 2.45) is 0 Å². The topological polar surface area (TPSA) is 126 Å². The van der Waals surface area contributed by atoms with Gasteiger partial charge in [-0.3, -0.25) is 4.79 Å². The molecule has 0 fully saturated rings. The molecule has 2 aromatic rings. The summed E-state index contributed by atoms with van der Waals surface area (Å²) in [5, 5.41) is 27.8. The Morgan fingerprint density at radius 2 is 1.45 bits per heavy atom. The van der Waals surface area contributed by atoms with Crippen LogP contribution in [0.3, 0.4) is 0 Å². The van der Waals surface area contributed by atoms with Crippen molar-refractivity contribution in [2.45, 2.75) is 75.2 Å². The van der Waals surface area contributed by atoms with E-state index in [-0.39, 0.29) is 18.3 Å². The van der Waals surface area contributed by atoms with Crippen LogP contribution in [-0.4, -0.2) is 44.6 Å². The second-order valence-corrected chi connectivity index (χ2v) is 9.19. The monoisotopic (exact) mass is 476 g/mol. The van der Waals surface area contributed by atoms with Gasteiger partial charge >= 0.3 is 11.9 Å². The first-order valence-electron chi connectivity index (χ1n) is 11.4. The molecule has 0 aromatic heterocycles. The number of rotatable bonds is 16. The van der Waals surface area contributed by atoms with Crippen molar-refractivity contribution in [3.63, 3.8) is 0 Å². The van der Waals surface area contributed by atoms with E-state index in [0.29, 0.717) is 5.75 Å². The Labute approximate surface area is 200 Å². The molecule has 0 amide bonds. The number of aliphatic hydroxyl groups excluding tert-OH is 1. The summed E-state index contributed by atoms with van der Waals surface area (Å²) in [6, 6.07) is 16.2. The van der Waals surface area contributed by atoms with Gasteiger partial charge in [-0.1, -0.05) is 68.1 Å². The average Bonchev–Trinajstić information content (AvgIpc) is 2.77. The second-order valence-electron chi connectivity index (χ2n) is 8.05. The fraction of sp³-hybridized carbons (Fsp3) is 0.462. The third-order valence-electron chi connectivity index (χ3n) is 5.49. The quantitative estimate of drug-likeness (QED) is 0.241. The Balaban J connectivity index is 0.00000544. The first kappa shape index (κ1) is 28.7. The zero-order valence-corrected chi connectivity index (χ0v) is 19.9. The van der Waals surface area contributed by atoms with E-state index in [0.717, 1.165) is 48.1 Å².